The molecule has 20 heavy (non-hydrogen) atoms. The van der Waals surface area contributed by atoms with Crippen molar-refractivity contribution >= 4 is 11.7 Å². The third kappa shape index (κ3) is 3.12. The van der Waals surface area contributed by atoms with Crippen LogP contribution in [0.3, 0.4) is 0 Å². The Hall–Kier alpha value is -2.43. The summed E-state index contributed by atoms with van der Waals surface area (Å²) in [4.78, 5) is 15.4. The third-order valence-corrected chi connectivity index (χ3v) is 2.96. The van der Waals surface area contributed by atoms with Gasteiger partial charge in [-0.3, -0.25) is 4.98 Å². The van der Waals surface area contributed by atoms with Gasteiger partial charge in [-0.05, 0) is 42.8 Å². The number of hydrogen-bond acceptors (Lipinski definition) is 4. The quantitative estimate of drug-likeness (QED) is 0.870. The summed E-state index contributed by atoms with van der Waals surface area (Å²) in [5.41, 5.74) is 1.61. The lowest BCUT2D eigenvalue weighted by Crippen LogP contribution is -2.09. The molecule has 0 aliphatic rings. The predicted octanol–water partition coefficient (Wildman–Crippen LogP) is 3.18. The van der Waals surface area contributed by atoms with Crippen LogP contribution < -0.4 is 5.32 Å². The Morgan fingerprint density at radius 3 is 2.65 bits per heavy atom. The van der Waals surface area contributed by atoms with E-state index >= 15 is 0 Å². The summed E-state index contributed by atoms with van der Waals surface area (Å²) in [6, 6.07) is 8.06. The third-order valence-electron chi connectivity index (χ3n) is 2.96. The number of nitrogens with one attached hydrogen (secondary N) is 1. The maximum Gasteiger partial charge on any atom is 0.340 e. The van der Waals surface area contributed by atoms with Gasteiger partial charge in [0.15, 0.2) is 0 Å². The van der Waals surface area contributed by atoms with E-state index < -0.39 is 11.8 Å². The summed E-state index contributed by atoms with van der Waals surface area (Å²) in [6.45, 7) is 1.97. The van der Waals surface area contributed by atoms with E-state index in [1.54, 1.807) is 18.5 Å². The summed E-state index contributed by atoms with van der Waals surface area (Å²) >= 11 is 0. The first-order valence-corrected chi connectivity index (χ1v) is 6.16. The summed E-state index contributed by atoms with van der Waals surface area (Å²) in [5.74, 6) is -1.29. The molecule has 0 spiro atoms. The van der Waals surface area contributed by atoms with Gasteiger partial charge < -0.3 is 10.1 Å². The van der Waals surface area contributed by atoms with Crippen LogP contribution in [0.5, 0.6) is 0 Å². The number of aromatic nitrogens is 1. The van der Waals surface area contributed by atoms with Gasteiger partial charge in [0, 0.05) is 24.1 Å². The monoisotopic (exact) mass is 274 g/mol. The Bertz CT molecular complexity index is 602. The molecule has 0 saturated carbocycles. The summed E-state index contributed by atoms with van der Waals surface area (Å²) in [6.07, 6.45) is 3.41. The summed E-state index contributed by atoms with van der Waals surface area (Å²) in [7, 11) is 1.22. The first kappa shape index (κ1) is 14.0. The summed E-state index contributed by atoms with van der Waals surface area (Å²) in [5, 5.41) is 3.20. The number of anilines is 1. The van der Waals surface area contributed by atoms with Gasteiger partial charge in [0.05, 0.1) is 12.7 Å². The zero-order valence-electron chi connectivity index (χ0n) is 11.3. The van der Waals surface area contributed by atoms with E-state index in [0.29, 0.717) is 5.69 Å². The molecule has 0 bridgehead atoms. The molecule has 2 aromatic rings. The maximum atomic E-state index is 13.5. The molecule has 104 valence electrons. The average Bonchev–Trinajstić information content (AvgIpc) is 2.49. The van der Waals surface area contributed by atoms with Crippen molar-refractivity contribution in [3.63, 3.8) is 0 Å². The number of pyridine rings is 1. The van der Waals surface area contributed by atoms with Gasteiger partial charge in [-0.1, -0.05) is 0 Å². The molecule has 0 amide bonds. The number of methoxy groups -OCH3 is 1. The molecular weight excluding hydrogens is 259 g/mol. The predicted molar refractivity (Wildman–Crippen MR) is 74.0 cm³/mol. The zero-order chi connectivity index (χ0) is 14.5. The molecule has 1 aromatic carbocycles. The topological polar surface area (TPSA) is 51.2 Å². The molecule has 1 heterocycles. The van der Waals surface area contributed by atoms with Gasteiger partial charge in [0.25, 0.3) is 0 Å². The van der Waals surface area contributed by atoms with Gasteiger partial charge in [-0.15, -0.1) is 0 Å². The van der Waals surface area contributed by atoms with Crippen LogP contribution in [-0.2, 0) is 4.74 Å². The zero-order valence-corrected chi connectivity index (χ0v) is 11.3. The molecule has 5 heteroatoms. The van der Waals surface area contributed by atoms with Crippen LogP contribution in [0.15, 0.2) is 42.7 Å². The van der Waals surface area contributed by atoms with Crippen molar-refractivity contribution in [1.82, 2.24) is 4.98 Å². The van der Waals surface area contributed by atoms with Crippen molar-refractivity contribution in [2.45, 2.75) is 13.0 Å². The number of nitrogens with zero attached hydrogens (tertiary/aromatic N) is 1. The lowest BCUT2D eigenvalue weighted by molar-refractivity contribution is 0.0595. The highest BCUT2D eigenvalue weighted by atomic mass is 19.1. The van der Waals surface area contributed by atoms with Crippen LogP contribution in [0.1, 0.15) is 28.9 Å². The van der Waals surface area contributed by atoms with Gasteiger partial charge in [-0.2, -0.15) is 0 Å². The first-order valence-electron chi connectivity index (χ1n) is 6.16. The van der Waals surface area contributed by atoms with Gasteiger partial charge >= 0.3 is 5.97 Å². The normalized spacial score (nSPS) is 11.8. The molecule has 2 rings (SSSR count). The fourth-order valence-corrected chi connectivity index (χ4v) is 1.87. The van der Waals surface area contributed by atoms with Crippen LogP contribution in [0.2, 0.25) is 0 Å². The van der Waals surface area contributed by atoms with Crippen molar-refractivity contribution in [2.24, 2.45) is 0 Å². The number of carbonyl (C=O) groups is 1. The molecule has 1 unspecified atom stereocenters. The molecule has 0 fully saturated rings. The molecule has 1 N–H and O–H groups in total. The number of halogens is 1. The SMILES string of the molecule is COC(=O)c1cc(NC(C)c2ccncc2)ccc1F. The second-order valence-corrected chi connectivity index (χ2v) is 4.33. The van der Waals surface area contributed by atoms with E-state index in [-0.39, 0.29) is 11.6 Å². The highest BCUT2D eigenvalue weighted by Crippen LogP contribution is 2.21. The largest absolute Gasteiger partial charge is 0.465 e. The molecule has 0 aliphatic heterocycles. The molecule has 4 nitrogen and oxygen atoms in total. The van der Waals surface area contributed by atoms with Crippen molar-refractivity contribution in [1.29, 1.82) is 0 Å². The van der Waals surface area contributed by atoms with E-state index in [1.165, 1.54) is 19.2 Å². The second kappa shape index (κ2) is 6.14. The van der Waals surface area contributed by atoms with Crippen LogP contribution in [0.4, 0.5) is 10.1 Å². The molecule has 0 radical (unpaired) electrons. The Morgan fingerprint density at radius 1 is 1.30 bits per heavy atom. The number of esters is 1. The molecule has 0 aliphatic carbocycles. The number of carbonyl (C=O) groups excluding carboxylic acids is 1. The standard InChI is InChI=1S/C15H15FN2O2/c1-10(11-5-7-17-8-6-11)18-12-3-4-14(16)13(9-12)15(19)20-2/h3-10,18H,1-2H3. The molecule has 1 aromatic heterocycles. The highest BCUT2D eigenvalue weighted by molar-refractivity contribution is 5.90. The Labute approximate surface area is 116 Å². The maximum absolute atomic E-state index is 13.5. The van der Waals surface area contributed by atoms with Gasteiger partial charge in [-0.25, -0.2) is 9.18 Å². The van der Waals surface area contributed by atoms with Crippen molar-refractivity contribution in [2.75, 3.05) is 12.4 Å². The van der Waals surface area contributed by atoms with Crippen LogP contribution in [0.25, 0.3) is 0 Å². The van der Waals surface area contributed by atoms with E-state index in [1.807, 2.05) is 19.1 Å². The van der Waals surface area contributed by atoms with Crippen molar-refractivity contribution in [3.8, 4) is 0 Å². The minimum absolute atomic E-state index is 0.00829. The van der Waals surface area contributed by atoms with E-state index in [9.17, 15) is 9.18 Å². The average molecular weight is 274 g/mol. The minimum Gasteiger partial charge on any atom is -0.465 e. The summed E-state index contributed by atoms with van der Waals surface area (Å²) < 4.78 is 18.1. The number of hydrogen-bond donors (Lipinski definition) is 1. The lowest BCUT2D eigenvalue weighted by Gasteiger charge is -2.16. The number of ether oxygens (including phenoxy) is 1. The van der Waals surface area contributed by atoms with E-state index in [0.717, 1.165) is 5.56 Å². The number of benzene rings is 1. The van der Waals surface area contributed by atoms with Crippen LogP contribution in [-0.4, -0.2) is 18.1 Å². The van der Waals surface area contributed by atoms with Gasteiger partial charge in [0.2, 0.25) is 0 Å². The Morgan fingerprint density at radius 2 is 2.00 bits per heavy atom. The van der Waals surface area contributed by atoms with Crippen molar-refractivity contribution < 1.29 is 13.9 Å². The molecule has 0 saturated heterocycles. The fourth-order valence-electron chi connectivity index (χ4n) is 1.87. The van der Waals surface area contributed by atoms with Crippen LogP contribution in [0, 0.1) is 5.82 Å². The Kier molecular flexibility index (Phi) is 4.30. The second-order valence-electron chi connectivity index (χ2n) is 4.33. The van der Waals surface area contributed by atoms with Gasteiger partial charge in [0.1, 0.15) is 5.82 Å². The first-order chi connectivity index (χ1) is 9.61. The highest BCUT2D eigenvalue weighted by Gasteiger charge is 2.13. The smallest absolute Gasteiger partial charge is 0.340 e. The Balaban J connectivity index is 2.20. The lowest BCUT2D eigenvalue weighted by atomic mass is 10.1. The molecule has 1 atom stereocenters. The number of rotatable bonds is 4. The van der Waals surface area contributed by atoms with Crippen molar-refractivity contribution in [3.05, 3.63) is 59.7 Å². The van der Waals surface area contributed by atoms with E-state index in [2.05, 4.69) is 15.0 Å². The minimum atomic E-state index is -0.692. The molecular formula is C15H15FN2O2. The fraction of sp³-hybridized carbons (Fsp3) is 0.200. The van der Waals surface area contributed by atoms with E-state index in [4.69, 9.17) is 0 Å². The van der Waals surface area contributed by atoms with Crippen LogP contribution >= 0.6 is 0 Å².